The molecule has 0 fully saturated rings. The summed E-state index contributed by atoms with van der Waals surface area (Å²) in [4.78, 5) is 10.0. The van der Waals surface area contributed by atoms with Crippen molar-refractivity contribution in [3.63, 3.8) is 0 Å². The standard InChI is InChI=1S/C14H17NO4/c1-9-8-12(16)14(17)13-10(4-2-6-11(9)13)5-3-7-15(18)19/h2,4,8,10,16-17H,3,5-7H2,1H3. The van der Waals surface area contributed by atoms with Crippen molar-refractivity contribution >= 4 is 0 Å². The molecule has 0 aliphatic heterocycles. The van der Waals surface area contributed by atoms with Crippen LogP contribution in [0.1, 0.15) is 35.4 Å². The molecular formula is C14H17NO4. The van der Waals surface area contributed by atoms with Crippen molar-refractivity contribution in [3.05, 3.63) is 45.0 Å². The van der Waals surface area contributed by atoms with Crippen molar-refractivity contribution in [3.8, 4) is 11.5 Å². The maximum Gasteiger partial charge on any atom is 0.203 e. The van der Waals surface area contributed by atoms with Gasteiger partial charge in [-0.25, -0.2) is 0 Å². The SMILES string of the molecule is Cc1cc(O)c(O)c2c1CC=CC2CCC[N+](=O)[O-]. The number of hydrogen-bond donors (Lipinski definition) is 2. The summed E-state index contributed by atoms with van der Waals surface area (Å²) in [5.41, 5.74) is 2.68. The highest BCUT2D eigenvalue weighted by molar-refractivity contribution is 5.57. The fourth-order valence-corrected chi connectivity index (χ4v) is 2.65. The fraction of sp³-hybridized carbons (Fsp3) is 0.429. The number of allylic oxidation sites excluding steroid dienone is 2. The van der Waals surface area contributed by atoms with Crippen molar-refractivity contribution in [2.24, 2.45) is 0 Å². The first-order chi connectivity index (χ1) is 9.00. The second-order valence-electron chi connectivity index (χ2n) is 4.89. The van der Waals surface area contributed by atoms with E-state index in [9.17, 15) is 20.3 Å². The van der Waals surface area contributed by atoms with Gasteiger partial charge in [-0.3, -0.25) is 10.1 Å². The van der Waals surface area contributed by atoms with Crippen molar-refractivity contribution in [2.75, 3.05) is 6.54 Å². The molecule has 5 nitrogen and oxygen atoms in total. The minimum atomic E-state index is -0.332. The molecule has 2 rings (SSSR count). The summed E-state index contributed by atoms with van der Waals surface area (Å²) in [7, 11) is 0. The van der Waals surface area contributed by atoms with Crippen LogP contribution in [0.25, 0.3) is 0 Å². The van der Waals surface area contributed by atoms with Gasteiger partial charge >= 0.3 is 0 Å². The lowest BCUT2D eigenvalue weighted by Gasteiger charge is -2.24. The quantitative estimate of drug-likeness (QED) is 0.378. The third-order valence-corrected chi connectivity index (χ3v) is 3.57. The van der Waals surface area contributed by atoms with Crippen molar-refractivity contribution in [2.45, 2.75) is 32.1 Å². The Labute approximate surface area is 111 Å². The van der Waals surface area contributed by atoms with Crippen LogP contribution in [0.2, 0.25) is 0 Å². The van der Waals surface area contributed by atoms with Crippen molar-refractivity contribution in [1.82, 2.24) is 0 Å². The van der Waals surface area contributed by atoms with Crippen molar-refractivity contribution in [1.29, 1.82) is 0 Å². The van der Waals surface area contributed by atoms with E-state index < -0.39 is 0 Å². The Morgan fingerprint density at radius 3 is 2.89 bits per heavy atom. The molecule has 0 saturated heterocycles. The first-order valence-corrected chi connectivity index (χ1v) is 6.33. The number of rotatable bonds is 4. The molecule has 0 amide bonds. The number of nitrogens with zero attached hydrogens (tertiary/aromatic N) is 1. The summed E-state index contributed by atoms with van der Waals surface area (Å²) in [6.07, 6.45) is 5.75. The Hall–Kier alpha value is -2.04. The van der Waals surface area contributed by atoms with Gasteiger partial charge in [0.15, 0.2) is 11.5 Å². The van der Waals surface area contributed by atoms with Gasteiger partial charge in [0.05, 0.1) is 0 Å². The largest absolute Gasteiger partial charge is 0.504 e. The Bertz CT molecular complexity index is 537. The van der Waals surface area contributed by atoms with Crippen LogP contribution in [0, 0.1) is 17.0 Å². The Kier molecular flexibility index (Phi) is 3.74. The zero-order valence-electron chi connectivity index (χ0n) is 10.8. The molecule has 19 heavy (non-hydrogen) atoms. The predicted octanol–water partition coefficient (Wildman–Crippen LogP) is 2.66. The van der Waals surface area contributed by atoms with Gasteiger partial charge in [-0.1, -0.05) is 12.2 Å². The van der Waals surface area contributed by atoms with Crippen LogP contribution in [-0.2, 0) is 6.42 Å². The molecule has 0 aromatic heterocycles. The first-order valence-electron chi connectivity index (χ1n) is 6.33. The average Bonchev–Trinajstić information content (AvgIpc) is 2.35. The molecule has 0 heterocycles. The second kappa shape index (κ2) is 5.30. The highest BCUT2D eigenvalue weighted by atomic mass is 16.6. The smallest absolute Gasteiger partial charge is 0.203 e. The van der Waals surface area contributed by atoms with Crippen LogP contribution < -0.4 is 0 Å². The molecule has 1 aliphatic carbocycles. The average molecular weight is 263 g/mol. The monoisotopic (exact) mass is 263 g/mol. The Balaban J connectivity index is 2.27. The summed E-state index contributed by atoms with van der Waals surface area (Å²) < 4.78 is 0. The van der Waals surface area contributed by atoms with E-state index in [2.05, 4.69) is 0 Å². The van der Waals surface area contributed by atoms with Crippen LogP contribution in [0.5, 0.6) is 11.5 Å². The third kappa shape index (κ3) is 2.70. The topological polar surface area (TPSA) is 83.6 Å². The molecule has 0 radical (unpaired) electrons. The molecular weight excluding hydrogens is 246 g/mol. The van der Waals surface area contributed by atoms with Gasteiger partial charge < -0.3 is 10.2 Å². The van der Waals surface area contributed by atoms with E-state index in [-0.39, 0.29) is 28.9 Å². The molecule has 1 aromatic rings. The summed E-state index contributed by atoms with van der Waals surface area (Å²) in [5, 5.41) is 30.1. The van der Waals surface area contributed by atoms with Gasteiger partial charge in [-0.05, 0) is 37.0 Å². The Morgan fingerprint density at radius 1 is 1.47 bits per heavy atom. The van der Waals surface area contributed by atoms with E-state index >= 15 is 0 Å². The lowest BCUT2D eigenvalue weighted by Crippen LogP contribution is -2.09. The van der Waals surface area contributed by atoms with E-state index in [1.165, 1.54) is 0 Å². The summed E-state index contributed by atoms with van der Waals surface area (Å²) >= 11 is 0. The zero-order chi connectivity index (χ0) is 14.0. The molecule has 1 atom stereocenters. The number of aryl methyl sites for hydroxylation is 1. The number of nitro groups is 1. The van der Waals surface area contributed by atoms with Gasteiger partial charge in [0.25, 0.3) is 0 Å². The van der Waals surface area contributed by atoms with Gasteiger partial charge in [0.1, 0.15) is 0 Å². The molecule has 102 valence electrons. The van der Waals surface area contributed by atoms with E-state index in [0.29, 0.717) is 12.8 Å². The van der Waals surface area contributed by atoms with E-state index in [1.807, 2.05) is 19.1 Å². The highest BCUT2D eigenvalue weighted by Gasteiger charge is 2.24. The zero-order valence-corrected chi connectivity index (χ0v) is 10.8. The lowest BCUT2D eigenvalue weighted by atomic mass is 9.82. The summed E-state index contributed by atoms with van der Waals surface area (Å²) in [6.45, 7) is 1.82. The second-order valence-corrected chi connectivity index (χ2v) is 4.89. The molecule has 0 bridgehead atoms. The van der Waals surface area contributed by atoms with Gasteiger partial charge in [0, 0.05) is 22.8 Å². The lowest BCUT2D eigenvalue weighted by molar-refractivity contribution is -0.480. The molecule has 2 N–H and O–H groups in total. The Morgan fingerprint density at radius 2 is 2.21 bits per heavy atom. The van der Waals surface area contributed by atoms with Gasteiger partial charge in [-0.2, -0.15) is 0 Å². The number of aromatic hydroxyl groups is 2. The number of hydrogen-bond acceptors (Lipinski definition) is 4. The van der Waals surface area contributed by atoms with Crippen LogP contribution in [0.15, 0.2) is 18.2 Å². The predicted molar refractivity (Wildman–Crippen MR) is 71.2 cm³/mol. The minimum Gasteiger partial charge on any atom is -0.504 e. The first kappa shape index (κ1) is 13.4. The molecule has 1 aliphatic rings. The van der Waals surface area contributed by atoms with E-state index in [0.717, 1.165) is 23.1 Å². The van der Waals surface area contributed by atoms with Gasteiger partial charge in [0.2, 0.25) is 6.54 Å². The summed E-state index contributed by atoms with van der Waals surface area (Å²) in [6, 6.07) is 1.56. The molecule has 5 heteroatoms. The number of phenols is 2. The van der Waals surface area contributed by atoms with Gasteiger partial charge in [-0.15, -0.1) is 0 Å². The molecule has 0 saturated carbocycles. The molecule has 0 spiro atoms. The maximum atomic E-state index is 10.4. The third-order valence-electron chi connectivity index (χ3n) is 3.57. The fourth-order valence-electron chi connectivity index (χ4n) is 2.65. The normalized spacial score (nSPS) is 17.2. The molecule has 1 aromatic carbocycles. The minimum absolute atomic E-state index is 0.0606. The van der Waals surface area contributed by atoms with Crippen molar-refractivity contribution < 1.29 is 15.1 Å². The molecule has 1 unspecified atom stereocenters. The van der Waals surface area contributed by atoms with Crippen LogP contribution in [-0.4, -0.2) is 21.7 Å². The van der Waals surface area contributed by atoms with E-state index in [4.69, 9.17) is 0 Å². The maximum absolute atomic E-state index is 10.4. The van der Waals surface area contributed by atoms with Crippen LogP contribution >= 0.6 is 0 Å². The number of benzene rings is 1. The summed E-state index contributed by atoms with van der Waals surface area (Å²) in [5.74, 6) is -0.267. The number of fused-ring (bicyclic) bond motifs is 1. The highest BCUT2D eigenvalue weighted by Crippen LogP contribution is 2.43. The number of phenolic OH excluding ortho intramolecular Hbond substituents is 2. The van der Waals surface area contributed by atoms with Crippen LogP contribution in [0.3, 0.4) is 0 Å². The van der Waals surface area contributed by atoms with E-state index in [1.54, 1.807) is 6.07 Å². The van der Waals surface area contributed by atoms with Crippen LogP contribution in [0.4, 0.5) is 0 Å².